The van der Waals surface area contributed by atoms with E-state index in [1.165, 1.54) is 0 Å². The summed E-state index contributed by atoms with van der Waals surface area (Å²) in [5, 5.41) is 0.0928. The second-order valence-corrected chi connectivity index (χ2v) is 13.0. The molecule has 2 aromatic rings. The fourth-order valence-corrected chi connectivity index (χ4v) is 3.93. The maximum Gasteiger partial charge on any atom is 0.192 e. The summed E-state index contributed by atoms with van der Waals surface area (Å²) in [5.74, 6) is -0.105. The largest absolute Gasteiger partial charge is 0.409 e. The Labute approximate surface area is 153 Å². The minimum Gasteiger partial charge on any atom is -0.409 e. The van der Waals surface area contributed by atoms with Crippen molar-refractivity contribution in [2.24, 2.45) is 5.92 Å². The number of rotatable bonds is 6. The van der Waals surface area contributed by atoms with Gasteiger partial charge in [0.1, 0.15) is 0 Å². The quantitative estimate of drug-likeness (QED) is 0.451. The van der Waals surface area contributed by atoms with E-state index >= 15 is 0 Å². The molecule has 0 N–H and O–H groups in total. The Bertz CT molecular complexity index is 687. The number of Topliss-reactive ketones (excluding diaryl/α,β-unsaturated/α-hetero) is 1. The Morgan fingerprint density at radius 1 is 0.920 bits per heavy atom. The van der Waals surface area contributed by atoms with E-state index < -0.39 is 8.32 Å². The molecule has 0 heterocycles. The van der Waals surface area contributed by atoms with Gasteiger partial charge in [-0.25, -0.2) is 0 Å². The maximum atomic E-state index is 13.0. The summed E-state index contributed by atoms with van der Waals surface area (Å²) < 4.78 is 6.71. The van der Waals surface area contributed by atoms with Gasteiger partial charge in [-0.15, -0.1) is 0 Å². The summed E-state index contributed by atoms with van der Waals surface area (Å²) in [6.45, 7) is 13.1. The monoisotopic (exact) mass is 354 g/mol. The number of benzene rings is 2. The summed E-state index contributed by atoms with van der Waals surface area (Å²) in [6.07, 6.45) is -0.227. The highest BCUT2D eigenvalue weighted by atomic mass is 28.4. The number of ketones is 1. The van der Waals surface area contributed by atoms with E-state index in [1.54, 1.807) is 0 Å². The normalized spacial score (nSPS) is 14.8. The van der Waals surface area contributed by atoms with Gasteiger partial charge < -0.3 is 4.43 Å². The first kappa shape index (κ1) is 19.6. The van der Waals surface area contributed by atoms with Gasteiger partial charge in [0.2, 0.25) is 0 Å². The van der Waals surface area contributed by atoms with Crippen LogP contribution in [0.1, 0.15) is 49.7 Å². The van der Waals surface area contributed by atoms with Crippen molar-refractivity contribution >= 4 is 14.1 Å². The van der Waals surface area contributed by atoms with Gasteiger partial charge in [0.25, 0.3) is 0 Å². The molecule has 0 radical (unpaired) electrons. The predicted octanol–water partition coefficient (Wildman–Crippen LogP) is 6.27. The minimum absolute atomic E-state index is 0.0928. The molecule has 0 fully saturated rings. The molecule has 2 nitrogen and oxygen atoms in total. The Hall–Kier alpha value is -1.71. The van der Waals surface area contributed by atoms with Gasteiger partial charge in [0.15, 0.2) is 14.1 Å². The number of carbonyl (C=O) groups is 1. The third-order valence-electron chi connectivity index (χ3n) is 5.28. The highest BCUT2D eigenvalue weighted by molar-refractivity contribution is 6.74. The van der Waals surface area contributed by atoms with E-state index in [9.17, 15) is 4.79 Å². The van der Waals surface area contributed by atoms with Crippen LogP contribution in [0.25, 0.3) is 0 Å². The molecule has 2 aromatic carbocycles. The van der Waals surface area contributed by atoms with Crippen LogP contribution in [0, 0.1) is 5.92 Å². The van der Waals surface area contributed by atoms with Gasteiger partial charge in [-0.2, -0.15) is 0 Å². The zero-order chi connectivity index (χ0) is 18.7. The van der Waals surface area contributed by atoms with Crippen LogP contribution in [0.3, 0.4) is 0 Å². The van der Waals surface area contributed by atoms with Crippen LogP contribution in [0.15, 0.2) is 60.7 Å². The summed E-state index contributed by atoms with van der Waals surface area (Å²) in [7, 11) is -2.01. The van der Waals surface area contributed by atoms with Crippen LogP contribution in [0.2, 0.25) is 18.1 Å². The van der Waals surface area contributed by atoms with Crippen molar-refractivity contribution in [3.63, 3.8) is 0 Å². The fourth-order valence-electron chi connectivity index (χ4n) is 2.60. The molecule has 0 bridgehead atoms. The molecule has 2 atom stereocenters. The van der Waals surface area contributed by atoms with Crippen molar-refractivity contribution < 1.29 is 9.22 Å². The molecule has 0 saturated heterocycles. The third kappa shape index (κ3) is 4.68. The molecule has 2 rings (SSSR count). The van der Waals surface area contributed by atoms with Crippen molar-refractivity contribution in [2.75, 3.05) is 0 Å². The van der Waals surface area contributed by atoms with Crippen molar-refractivity contribution in [2.45, 2.75) is 51.9 Å². The highest BCUT2D eigenvalue weighted by Crippen LogP contribution is 2.42. The lowest BCUT2D eigenvalue weighted by Gasteiger charge is -2.41. The predicted molar refractivity (Wildman–Crippen MR) is 107 cm³/mol. The second kappa shape index (κ2) is 7.67. The van der Waals surface area contributed by atoms with Crippen LogP contribution in [0.4, 0.5) is 0 Å². The SMILES string of the molecule is C[C@H](C(=O)c1ccccc1)[C@H](O[Si](C)(C)C(C)(C)C)c1ccccc1. The first-order valence-electron chi connectivity index (χ1n) is 8.95. The number of carbonyl (C=O) groups excluding carboxylic acids is 1. The summed E-state index contributed by atoms with van der Waals surface area (Å²) in [6, 6.07) is 19.7. The summed E-state index contributed by atoms with van der Waals surface area (Å²) in [4.78, 5) is 13.0. The van der Waals surface area contributed by atoms with E-state index in [0.717, 1.165) is 11.1 Å². The first-order valence-corrected chi connectivity index (χ1v) is 11.9. The average molecular weight is 355 g/mol. The fraction of sp³-hybridized carbons (Fsp3) is 0.409. The van der Waals surface area contributed by atoms with Crippen LogP contribution in [0.5, 0.6) is 0 Å². The third-order valence-corrected chi connectivity index (χ3v) is 9.74. The number of hydrogen-bond donors (Lipinski definition) is 0. The van der Waals surface area contributed by atoms with E-state index in [4.69, 9.17) is 4.43 Å². The van der Waals surface area contributed by atoms with Crippen molar-refractivity contribution in [3.8, 4) is 0 Å². The second-order valence-electron chi connectivity index (χ2n) is 8.23. The zero-order valence-corrected chi connectivity index (χ0v) is 17.2. The molecule has 0 unspecified atom stereocenters. The lowest BCUT2D eigenvalue weighted by Crippen LogP contribution is -2.43. The molecule has 0 aliphatic rings. The molecule has 0 aliphatic heterocycles. The summed E-state index contributed by atoms with van der Waals surface area (Å²) in [5.41, 5.74) is 1.82. The van der Waals surface area contributed by atoms with Crippen molar-refractivity contribution in [1.82, 2.24) is 0 Å². The topological polar surface area (TPSA) is 26.3 Å². The van der Waals surface area contributed by atoms with Gasteiger partial charge in [0, 0.05) is 11.5 Å². The molecule has 0 saturated carbocycles. The van der Waals surface area contributed by atoms with Gasteiger partial charge in [-0.05, 0) is 23.7 Å². The Kier molecular flexibility index (Phi) is 6.02. The molecule has 0 aliphatic carbocycles. The highest BCUT2D eigenvalue weighted by Gasteiger charge is 2.41. The molecule has 3 heteroatoms. The van der Waals surface area contributed by atoms with Gasteiger partial charge in [-0.1, -0.05) is 88.4 Å². The zero-order valence-electron chi connectivity index (χ0n) is 16.2. The van der Waals surface area contributed by atoms with Crippen LogP contribution >= 0.6 is 0 Å². The van der Waals surface area contributed by atoms with E-state index in [0.29, 0.717) is 0 Å². The van der Waals surface area contributed by atoms with E-state index in [1.807, 2.05) is 55.5 Å². The standard InChI is InChI=1S/C22H30O2Si/c1-17(20(23)18-13-9-7-10-14-18)21(19-15-11-8-12-16-19)24-25(5,6)22(2,3)4/h7-17,21H,1-6H3/t17-,21+/m1/s1. The Morgan fingerprint density at radius 2 is 1.40 bits per heavy atom. The van der Waals surface area contributed by atoms with Crippen LogP contribution < -0.4 is 0 Å². The Morgan fingerprint density at radius 3 is 1.88 bits per heavy atom. The van der Waals surface area contributed by atoms with Crippen molar-refractivity contribution in [1.29, 1.82) is 0 Å². The van der Waals surface area contributed by atoms with Gasteiger partial charge >= 0.3 is 0 Å². The first-order chi connectivity index (χ1) is 11.6. The molecule has 0 amide bonds. The maximum absolute atomic E-state index is 13.0. The van der Waals surface area contributed by atoms with Crippen LogP contribution in [-0.2, 0) is 4.43 Å². The molecule has 0 spiro atoms. The lowest BCUT2D eigenvalue weighted by molar-refractivity contribution is 0.0739. The van der Waals surface area contributed by atoms with Gasteiger partial charge in [0.05, 0.1) is 6.10 Å². The average Bonchev–Trinajstić information content (AvgIpc) is 2.59. The van der Waals surface area contributed by atoms with Crippen LogP contribution in [-0.4, -0.2) is 14.1 Å². The Balaban J connectivity index is 2.37. The minimum atomic E-state index is -2.01. The van der Waals surface area contributed by atoms with Crippen molar-refractivity contribution in [3.05, 3.63) is 71.8 Å². The molecular formula is C22H30O2Si. The molecular weight excluding hydrogens is 324 g/mol. The molecule has 0 aromatic heterocycles. The molecule has 25 heavy (non-hydrogen) atoms. The summed E-state index contributed by atoms with van der Waals surface area (Å²) >= 11 is 0. The van der Waals surface area contributed by atoms with E-state index in [-0.39, 0.29) is 22.8 Å². The lowest BCUT2D eigenvalue weighted by atomic mass is 9.90. The smallest absolute Gasteiger partial charge is 0.192 e. The number of hydrogen-bond acceptors (Lipinski definition) is 2. The van der Waals surface area contributed by atoms with Gasteiger partial charge in [-0.3, -0.25) is 4.79 Å². The van der Waals surface area contributed by atoms with E-state index in [2.05, 4.69) is 46.0 Å². The molecule has 134 valence electrons.